The summed E-state index contributed by atoms with van der Waals surface area (Å²) in [5, 5.41) is 8.02. The topological polar surface area (TPSA) is 84.5 Å². The van der Waals surface area contributed by atoms with Crippen LogP contribution in [0.3, 0.4) is 0 Å². The Kier molecular flexibility index (Phi) is 8.30. The Morgan fingerprint density at radius 1 is 1.20 bits per heavy atom. The normalized spacial score (nSPS) is 15.7. The van der Waals surface area contributed by atoms with Crippen molar-refractivity contribution in [1.29, 1.82) is 0 Å². The van der Waals surface area contributed by atoms with Crippen LogP contribution in [0.2, 0.25) is 0 Å². The molecule has 1 aliphatic rings. The maximum atomic E-state index is 13.3. The quantitative estimate of drug-likeness (QED) is 0.258. The Morgan fingerprint density at radius 3 is 2.74 bits per heavy atom. The number of carbonyl (C=O) groups is 3. The van der Waals surface area contributed by atoms with E-state index in [4.69, 9.17) is 4.74 Å². The van der Waals surface area contributed by atoms with E-state index in [0.717, 1.165) is 34.6 Å². The number of hydrogen-bond acceptors (Lipinski definition) is 7. The number of methoxy groups -OCH3 is 1. The molecule has 4 rings (SSSR count). The van der Waals surface area contributed by atoms with E-state index in [-0.39, 0.29) is 17.1 Å². The average Bonchev–Trinajstić information content (AvgIpc) is 3.50. The van der Waals surface area contributed by atoms with Gasteiger partial charge in [0.1, 0.15) is 5.00 Å². The van der Waals surface area contributed by atoms with Crippen molar-refractivity contribution in [2.45, 2.75) is 49.7 Å². The highest BCUT2D eigenvalue weighted by atomic mass is 32.2. The molecule has 0 bridgehead atoms. The van der Waals surface area contributed by atoms with Gasteiger partial charge >= 0.3 is 5.97 Å². The second kappa shape index (κ2) is 11.4. The summed E-state index contributed by atoms with van der Waals surface area (Å²) in [5.74, 6) is -0.149. The lowest BCUT2D eigenvalue weighted by atomic mass is 9.88. The molecule has 2 heterocycles. The van der Waals surface area contributed by atoms with Gasteiger partial charge < -0.3 is 15.4 Å². The van der Waals surface area contributed by atoms with Crippen molar-refractivity contribution in [2.24, 2.45) is 5.92 Å². The SMILES string of the molecule is CCC(Sc1cccc(NC(=O)c2cccs2)c1)C(=O)Nc1sc2c(c1C(=O)OC)CCC(C)C2. The number of benzene rings is 1. The third-order valence-electron chi connectivity index (χ3n) is 5.92. The van der Waals surface area contributed by atoms with Gasteiger partial charge in [-0.1, -0.05) is 26.0 Å². The van der Waals surface area contributed by atoms with Gasteiger partial charge in [-0.3, -0.25) is 9.59 Å². The van der Waals surface area contributed by atoms with Crippen LogP contribution in [0.15, 0.2) is 46.7 Å². The van der Waals surface area contributed by atoms with E-state index in [1.54, 1.807) is 6.07 Å². The zero-order valence-corrected chi connectivity index (χ0v) is 22.3. The Labute approximate surface area is 217 Å². The van der Waals surface area contributed by atoms with Gasteiger partial charge in [-0.2, -0.15) is 0 Å². The van der Waals surface area contributed by atoms with Crippen molar-refractivity contribution in [2.75, 3.05) is 17.7 Å². The zero-order valence-electron chi connectivity index (χ0n) is 19.9. The highest BCUT2D eigenvalue weighted by Gasteiger charge is 2.30. The first-order chi connectivity index (χ1) is 16.9. The number of anilines is 2. The fourth-order valence-electron chi connectivity index (χ4n) is 4.08. The van der Waals surface area contributed by atoms with Crippen molar-refractivity contribution in [1.82, 2.24) is 0 Å². The lowest BCUT2D eigenvalue weighted by Gasteiger charge is -2.18. The molecule has 0 spiro atoms. The summed E-state index contributed by atoms with van der Waals surface area (Å²) in [6, 6.07) is 11.1. The minimum atomic E-state index is -0.401. The van der Waals surface area contributed by atoms with Gasteiger partial charge in [-0.15, -0.1) is 34.4 Å². The Bertz CT molecular complexity index is 1220. The highest BCUT2D eigenvalue weighted by molar-refractivity contribution is 8.00. The van der Waals surface area contributed by atoms with Crippen LogP contribution in [0.25, 0.3) is 0 Å². The molecule has 2 atom stereocenters. The summed E-state index contributed by atoms with van der Waals surface area (Å²) in [5.41, 5.74) is 2.20. The Balaban J connectivity index is 1.48. The lowest BCUT2D eigenvalue weighted by molar-refractivity contribution is -0.115. The minimum Gasteiger partial charge on any atom is -0.465 e. The van der Waals surface area contributed by atoms with Gasteiger partial charge in [0.2, 0.25) is 5.91 Å². The standard InChI is InChI=1S/C26H28N2O4S3/c1-4-19(34-17-8-5-7-16(14-17)27-24(30)20-9-6-12-33-20)23(29)28-25-22(26(31)32-3)18-11-10-15(2)13-21(18)35-25/h5-9,12,14-15,19H,4,10-11,13H2,1-3H3,(H,27,30)(H,28,29). The van der Waals surface area contributed by atoms with E-state index >= 15 is 0 Å². The predicted molar refractivity (Wildman–Crippen MR) is 144 cm³/mol. The summed E-state index contributed by atoms with van der Waals surface area (Å²) >= 11 is 4.32. The van der Waals surface area contributed by atoms with Crippen LogP contribution in [-0.4, -0.2) is 30.1 Å². The molecule has 0 saturated carbocycles. The molecule has 6 nitrogen and oxygen atoms in total. The van der Waals surface area contributed by atoms with Crippen molar-refractivity contribution >= 4 is 62.9 Å². The van der Waals surface area contributed by atoms with Gasteiger partial charge in [0.05, 0.1) is 22.8 Å². The maximum absolute atomic E-state index is 13.3. The molecule has 0 aliphatic heterocycles. The number of hydrogen-bond donors (Lipinski definition) is 2. The van der Waals surface area contributed by atoms with Crippen molar-refractivity contribution in [3.8, 4) is 0 Å². The van der Waals surface area contributed by atoms with Gasteiger partial charge in [-0.25, -0.2) is 4.79 Å². The third kappa shape index (κ3) is 5.97. The van der Waals surface area contributed by atoms with E-state index in [2.05, 4.69) is 17.6 Å². The van der Waals surface area contributed by atoms with Crippen LogP contribution in [0.5, 0.6) is 0 Å². The van der Waals surface area contributed by atoms with Crippen molar-refractivity contribution in [3.05, 3.63) is 62.7 Å². The van der Waals surface area contributed by atoms with Crippen LogP contribution < -0.4 is 10.6 Å². The molecular weight excluding hydrogens is 500 g/mol. The number of amides is 2. The number of carbonyl (C=O) groups excluding carboxylic acids is 3. The molecule has 0 fully saturated rings. The summed E-state index contributed by atoms with van der Waals surface area (Å²) in [6.07, 6.45) is 3.37. The molecule has 0 radical (unpaired) electrons. The smallest absolute Gasteiger partial charge is 0.341 e. The average molecular weight is 529 g/mol. The third-order valence-corrected chi connectivity index (χ3v) is 9.31. The van der Waals surface area contributed by atoms with Gasteiger partial charge in [0.25, 0.3) is 5.91 Å². The van der Waals surface area contributed by atoms with E-state index < -0.39 is 5.97 Å². The molecule has 2 aromatic heterocycles. The Hall–Kier alpha value is -2.62. The second-order valence-electron chi connectivity index (χ2n) is 8.51. The van der Waals surface area contributed by atoms with E-state index in [1.807, 2.05) is 42.6 Å². The largest absolute Gasteiger partial charge is 0.465 e. The number of nitrogens with one attached hydrogen (secondary N) is 2. The van der Waals surface area contributed by atoms with Crippen molar-refractivity contribution < 1.29 is 19.1 Å². The molecule has 1 aromatic carbocycles. The first-order valence-electron chi connectivity index (χ1n) is 11.5. The number of ether oxygens (including phenoxy) is 1. The summed E-state index contributed by atoms with van der Waals surface area (Å²) < 4.78 is 5.04. The van der Waals surface area contributed by atoms with Gasteiger partial charge in [-0.05, 0) is 66.8 Å². The number of thiophene rings is 2. The Morgan fingerprint density at radius 2 is 2.03 bits per heavy atom. The van der Waals surface area contributed by atoms with Crippen LogP contribution in [0, 0.1) is 5.92 Å². The van der Waals surface area contributed by atoms with Crippen LogP contribution in [-0.2, 0) is 22.4 Å². The van der Waals surface area contributed by atoms with Gasteiger partial charge in [0, 0.05) is 15.5 Å². The molecule has 35 heavy (non-hydrogen) atoms. The molecule has 2 unspecified atom stereocenters. The van der Waals surface area contributed by atoms with Crippen molar-refractivity contribution in [3.63, 3.8) is 0 Å². The lowest BCUT2D eigenvalue weighted by Crippen LogP contribution is -2.25. The molecule has 0 saturated heterocycles. The summed E-state index contributed by atoms with van der Waals surface area (Å²) in [4.78, 5) is 40.9. The van der Waals surface area contributed by atoms with E-state index in [9.17, 15) is 14.4 Å². The highest BCUT2D eigenvalue weighted by Crippen LogP contribution is 2.40. The maximum Gasteiger partial charge on any atom is 0.341 e. The number of rotatable bonds is 8. The minimum absolute atomic E-state index is 0.151. The predicted octanol–water partition coefficient (Wildman–Crippen LogP) is 6.48. The van der Waals surface area contributed by atoms with E-state index in [0.29, 0.717) is 33.5 Å². The first kappa shape index (κ1) is 25.5. The first-order valence-corrected chi connectivity index (χ1v) is 14.1. The van der Waals surface area contributed by atoms with Crippen LogP contribution in [0.4, 0.5) is 10.7 Å². The molecule has 3 aromatic rings. The van der Waals surface area contributed by atoms with Crippen LogP contribution in [0.1, 0.15) is 57.2 Å². The summed E-state index contributed by atoms with van der Waals surface area (Å²) in [7, 11) is 1.37. The molecule has 184 valence electrons. The summed E-state index contributed by atoms with van der Waals surface area (Å²) in [6.45, 7) is 4.17. The number of fused-ring (bicyclic) bond motifs is 1. The molecule has 2 N–H and O–H groups in total. The number of esters is 1. The second-order valence-corrected chi connectivity index (χ2v) is 11.8. The van der Waals surface area contributed by atoms with E-state index in [1.165, 1.54) is 41.5 Å². The van der Waals surface area contributed by atoms with Crippen LogP contribution >= 0.6 is 34.4 Å². The molecule has 1 aliphatic carbocycles. The molecule has 9 heteroatoms. The monoisotopic (exact) mass is 528 g/mol. The molecule has 2 amide bonds. The zero-order chi connectivity index (χ0) is 24.9. The number of thioether (sulfide) groups is 1. The fraction of sp³-hybridized carbons (Fsp3) is 0.346. The fourth-order valence-corrected chi connectivity index (χ4v) is 7.12. The van der Waals surface area contributed by atoms with Gasteiger partial charge in [0.15, 0.2) is 0 Å². The molecular formula is C26H28N2O4S3.